The van der Waals surface area contributed by atoms with Crippen molar-refractivity contribution in [2.75, 3.05) is 38.6 Å². The summed E-state index contributed by atoms with van der Waals surface area (Å²) in [4.78, 5) is 16.0. The summed E-state index contributed by atoms with van der Waals surface area (Å²) in [6.07, 6.45) is 0. The minimum atomic E-state index is -0.380. The molecule has 0 aliphatic carbocycles. The lowest BCUT2D eigenvalue weighted by molar-refractivity contribution is 0.0687. The average Bonchev–Trinajstić information content (AvgIpc) is 2.46. The molecule has 1 aromatic rings. The van der Waals surface area contributed by atoms with Gasteiger partial charge in [0.1, 0.15) is 6.04 Å². The van der Waals surface area contributed by atoms with Gasteiger partial charge in [0.2, 0.25) is 0 Å². The molecule has 19 heavy (non-hydrogen) atoms. The number of anilines is 1. The molecule has 0 radical (unpaired) electrons. The topological polar surface area (TPSA) is 59.4 Å². The summed E-state index contributed by atoms with van der Waals surface area (Å²) in [5.41, 5.74) is 1.68. The SMILES string of the molecule is CN(C)c1ccc(C(=O)N2CCNCC2C#N)cc1. The third kappa shape index (κ3) is 2.85. The second-order valence-corrected chi connectivity index (χ2v) is 4.79. The summed E-state index contributed by atoms with van der Waals surface area (Å²) >= 11 is 0. The highest BCUT2D eigenvalue weighted by molar-refractivity contribution is 5.95. The van der Waals surface area contributed by atoms with Gasteiger partial charge in [0.15, 0.2) is 0 Å². The van der Waals surface area contributed by atoms with Gasteiger partial charge < -0.3 is 15.1 Å². The largest absolute Gasteiger partial charge is 0.378 e. The van der Waals surface area contributed by atoms with Crippen molar-refractivity contribution in [2.45, 2.75) is 6.04 Å². The fourth-order valence-electron chi connectivity index (χ4n) is 2.13. The van der Waals surface area contributed by atoms with Crippen LogP contribution in [0.3, 0.4) is 0 Å². The molecule has 100 valence electrons. The van der Waals surface area contributed by atoms with Crippen molar-refractivity contribution in [3.63, 3.8) is 0 Å². The predicted molar refractivity (Wildman–Crippen MR) is 74.1 cm³/mol. The van der Waals surface area contributed by atoms with Crippen LogP contribution in [0, 0.1) is 11.3 Å². The van der Waals surface area contributed by atoms with Gasteiger partial charge in [-0.25, -0.2) is 0 Å². The Morgan fingerprint density at radius 3 is 2.68 bits per heavy atom. The molecule has 1 atom stereocenters. The van der Waals surface area contributed by atoms with Crippen LogP contribution in [0.25, 0.3) is 0 Å². The van der Waals surface area contributed by atoms with Crippen LogP contribution in [0.4, 0.5) is 5.69 Å². The van der Waals surface area contributed by atoms with E-state index in [9.17, 15) is 4.79 Å². The van der Waals surface area contributed by atoms with Gasteiger partial charge in [0.25, 0.3) is 5.91 Å². The number of amides is 1. The number of piperazine rings is 1. The molecule has 1 fully saturated rings. The van der Waals surface area contributed by atoms with E-state index in [1.807, 2.05) is 43.3 Å². The molecule has 1 unspecified atom stereocenters. The number of benzene rings is 1. The zero-order valence-electron chi connectivity index (χ0n) is 11.3. The van der Waals surface area contributed by atoms with Crippen LogP contribution >= 0.6 is 0 Å². The molecule has 1 amide bonds. The maximum Gasteiger partial charge on any atom is 0.255 e. The minimum absolute atomic E-state index is 0.0710. The summed E-state index contributed by atoms with van der Waals surface area (Å²) < 4.78 is 0. The van der Waals surface area contributed by atoms with Crippen LogP contribution < -0.4 is 10.2 Å². The predicted octanol–water partition coefficient (Wildman–Crippen LogP) is 0.690. The minimum Gasteiger partial charge on any atom is -0.378 e. The van der Waals surface area contributed by atoms with E-state index in [0.717, 1.165) is 12.2 Å². The Balaban J connectivity index is 2.16. The number of hydrogen-bond acceptors (Lipinski definition) is 4. The van der Waals surface area contributed by atoms with E-state index in [2.05, 4.69) is 11.4 Å². The first kappa shape index (κ1) is 13.4. The number of nitrogens with zero attached hydrogens (tertiary/aromatic N) is 3. The fourth-order valence-corrected chi connectivity index (χ4v) is 2.13. The van der Waals surface area contributed by atoms with Gasteiger partial charge in [-0.05, 0) is 24.3 Å². The van der Waals surface area contributed by atoms with E-state index in [4.69, 9.17) is 5.26 Å². The lowest BCUT2D eigenvalue weighted by atomic mass is 10.1. The van der Waals surface area contributed by atoms with E-state index < -0.39 is 0 Å². The molecule has 1 heterocycles. The molecule has 5 heteroatoms. The number of hydrogen-bond donors (Lipinski definition) is 1. The molecular weight excluding hydrogens is 240 g/mol. The second kappa shape index (κ2) is 5.72. The zero-order valence-corrected chi connectivity index (χ0v) is 11.3. The van der Waals surface area contributed by atoms with Crippen molar-refractivity contribution in [3.05, 3.63) is 29.8 Å². The molecule has 1 saturated heterocycles. The Morgan fingerprint density at radius 2 is 2.11 bits per heavy atom. The van der Waals surface area contributed by atoms with E-state index in [1.54, 1.807) is 4.90 Å². The number of nitrogens with one attached hydrogen (secondary N) is 1. The summed E-state index contributed by atoms with van der Waals surface area (Å²) in [6, 6.07) is 9.24. The number of rotatable bonds is 2. The van der Waals surface area contributed by atoms with Gasteiger partial charge >= 0.3 is 0 Å². The van der Waals surface area contributed by atoms with Crippen LogP contribution in [0.15, 0.2) is 24.3 Å². The fraction of sp³-hybridized carbons (Fsp3) is 0.429. The molecule has 5 nitrogen and oxygen atoms in total. The van der Waals surface area contributed by atoms with Gasteiger partial charge in [-0.3, -0.25) is 4.79 Å². The first-order valence-electron chi connectivity index (χ1n) is 6.32. The molecule has 1 aliphatic heterocycles. The average molecular weight is 258 g/mol. The van der Waals surface area contributed by atoms with Gasteiger partial charge in [-0.15, -0.1) is 0 Å². The third-order valence-electron chi connectivity index (χ3n) is 3.28. The first-order chi connectivity index (χ1) is 9.13. The van der Waals surface area contributed by atoms with Gasteiger partial charge in [-0.2, -0.15) is 5.26 Å². The smallest absolute Gasteiger partial charge is 0.255 e. The van der Waals surface area contributed by atoms with Gasteiger partial charge in [0.05, 0.1) is 6.07 Å². The molecule has 1 N–H and O–H groups in total. The maximum atomic E-state index is 12.4. The van der Waals surface area contributed by atoms with Crippen LogP contribution in [0.2, 0.25) is 0 Å². The van der Waals surface area contributed by atoms with E-state index >= 15 is 0 Å². The normalized spacial score (nSPS) is 18.8. The molecule has 0 bridgehead atoms. The summed E-state index contributed by atoms with van der Waals surface area (Å²) in [5.74, 6) is -0.0710. The standard InChI is InChI=1S/C14H18N4O/c1-17(2)12-5-3-11(4-6-12)14(19)18-8-7-16-10-13(18)9-15/h3-6,13,16H,7-8,10H2,1-2H3. The van der Waals surface area contributed by atoms with Gasteiger partial charge in [-0.1, -0.05) is 0 Å². The first-order valence-corrected chi connectivity index (χ1v) is 6.32. The lowest BCUT2D eigenvalue weighted by Gasteiger charge is -2.32. The maximum absolute atomic E-state index is 12.4. The van der Waals surface area contributed by atoms with E-state index in [-0.39, 0.29) is 11.9 Å². The van der Waals surface area contributed by atoms with Crippen molar-refractivity contribution >= 4 is 11.6 Å². The Kier molecular flexibility index (Phi) is 4.03. The van der Waals surface area contributed by atoms with Crippen LogP contribution in [0.1, 0.15) is 10.4 Å². The van der Waals surface area contributed by atoms with Crippen molar-refractivity contribution in [2.24, 2.45) is 0 Å². The quantitative estimate of drug-likeness (QED) is 0.848. The van der Waals surface area contributed by atoms with Crippen LogP contribution in [-0.4, -0.2) is 50.6 Å². The van der Waals surface area contributed by atoms with E-state index in [0.29, 0.717) is 18.7 Å². The highest BCUT2D eigenvalue weighted by atomic mass is 16.2. The van der Waals surface area contributed by atoms with Crippen LogP contribution in [0.5, 0.6) is 0 Å². The Morgan fingerprint density at radius 1 is 1.42 bits per heavy atom. The molecular formula is C14H18N4O. The third-order valence-corrected chi connectivity index (χ3v) is 3.28. The number of nitriles is 1. The summed E-state index contributed by atoms with van der Waals surface area (Å²) in [5, 5.41) is 12.2. The van der Waals surface area contributed by atoms with Gasteiger partial charge in [0, 0.05) is 45.0 Å². The molecule has 1 aromatic carbocycles. The Bertz CT molecular complexity index is 489. The monoisotopic (exact) mass is 258 g/mol. The van der Waals surface area contributed by atoms with Crippen molar-refractivity contribution < 1.29 is 4.79 Å². The Labute approximate surface area is 113 Å². The summed E-state index contributed by atoms with van der Waals surface area (Å²) in [7, 11) is 3.91. The molecule has 0 saturated carbocycles. The van der Waals surface area contributed by atoms with Crippen molar-refractivity contribution in [1.82, 2.24) is 10.2 Å². The highest BCUT2D eigenvalue weighted by Crippen LogP contribution is 2.15. The number of carbonyl (C=O) groups excluding carboxylic acids is 1. The summed E-state index contributed by atoms with van der Waals surface area (Å²) in [6.45, 7) is 1.85. The van der Waals surface area contributed by atoms with Crippen molar-refractivity contribution in [3.8, 4) is 6.07 Å². The molecule has 0 spiro atoms. The molecule has 1 aliphatic rings. The van der Waals surface area contributed by atoms with E-state index in [1.165, 1.54) is 0 Å². The van der Waals surface area contributed by atoms with Crippen molar-refractivity contribution in [1.29, 1.82) is 5.26 Å². The van der Waals surface area contributed by atoms with Crippen LogP contribution in [-0.2, 0) is 0 Å². The Hall–Kier alpha value is -2.06. The second-order valence-electron chi connectivity index (χ2n) is 4.79. The number of carbonyl (C=O) groups is 1. The lowest BCUT2D eigenvalue weighted by Crippen LogP contribution is -2.53. The highest BCUT2D eigenvalue weighted by Gasteiger charge is 2.26. The molecule has 0 aromatic heterocycles. The zero-order chi connectivity index (χ0) is 13.8. The molecule has 2 rings (SSSR count).